The van der Waals surface area contributed by atoms with Crippen LogP contribution in [0.4, 0.5) is 0 Å². The van der Waals surface area contributed by atoms with Crippen molar-refractivity contribution in [2.75, 3.05) is 13.2 Å². The molecule has 1 N–H and O–H groups in total. The number of nitrogens with zero attached hydrogens (tertiary/aromatic N) is 1. The van der Waals surface area contributed by atoms with Crippen molar-refractivity contribution in [3.05, 3.63) is 27.7 Å². The first-order chi connectivity index (χ1) is 8.74. The number of nitrogens with one attached hydrogen (secondary N) is 1. The molecule has 2 aromatic rings. The lowest BCUT2D eigenvalue weighted by Crippen LogP contribution is -1.97. The summed E-state index contributed by atoms with van der Waals surface area (Å²) >= 11 is 6.12. The highest BCUT2D eigenvalue weighted by Crippen LogP contribution is 2.39. The molecule has 94 valence electrons. The number of halogens is 1. The molecule has 1 aromatic heterocycles. The summed E-state index contributed by atoms with van der Waals surface area (Å²) in [4.78, 5) is 13.4. The van der Waals surface area contributed by atoms with Crippen molar-refractivity contribution in [1.82, 2.24) is 10.1 Å². The number of fused-ring (bicyclic) bond motifs is 1. The SMILES string of the molecule is O=c1[nH]c(-c2cc(Cl)c3c(c2)OCCCO3)no1. The van der Waals surface area contributed by atoms with Crippen molar-refractivity contribution in [2.24, 2.45) is 0 Å². The van der Waals surface area contributed by atoms with Crippen LogP contribution in [0.3, 0.4) is 0 Å². The van der Waals surface area contributed by atoms with Gasteiger partial charge in [-0.15, -0.1) is 0 Å². The smallest absolute Gasteiger partial charge is 0.439 e. The first kappa shape index (κ1) is 11.2. The molecule has 18 heavy (non-hydrogen) atoms. The summed E-state index contributed by atoms with van der Waals surface area (Å²) < 4.78 is 15.5. The first-order valence-corrected chi connectivity index (χ1v) is 5.77. The van der Waals surface area contributed by atoms with Gasteiger partial charge < -0.3 is 9.47 Å². The molecule has 7 heteroatoms. The third-order valence-corrected chi connectivity index (χ3v) is 2.80. The largest absolute Gasteiger partial charge is 0.489 e. The number of aromatic nitrogens is 2. The van der Waals surface area contributed by atoms with Gasteiger partial charge in [0, 0.05) is 12.0 Å². The van der Waals surface area contributed by atoms with E-state index in [-0.39, 0.29) is 0 Å². The van der Waals surface area contributed by atoms with Crippen LogP contribution in [0.25, 0.3) is 11.4 Å². The minimum absolute atomic E-state index is 0.303. The van der Waals surface area contributed by atoms with Crippen LogP contribution in [-0.4, -0.2) is 23.4 Å². The van der Waals surface area contributed by atoms with Crippen LogP contribution in [0.15, 0.2) is 21.5 Å². The average molecular weight is 269 g/mol. The Balaban J connectivity index is 2.10. The number of hydrogen-bond donors (Lipinski definition) is 1. The summed E-state index contributed by atoms with van der Waals surface area (Å²) in [7, 11) is 0. The molecule has 1 aromatic carbocycles. The monoisotopic (exact) mass is 268 g/mol. The molecule has 0 saturated carbocycles. The van der Waals surface area contributed by atoms with Crippen molar-refractivity contribution >= 4 is 11.6 Å². The molecule has 1 aliphatic heterocycles. The van der Waals surface area contributed by atoms with Gasteiger partial charge in [0.05, 0.1) is 18.2 Å². The van der Waals surface area contributed by atoms with Crippen molar-refractivity contribution in [3.8, 4) is 22.9 Å². The Morgan fingerprint density at radius 3 is 2.89 bits per heavy atom. The Hall–Kier alpha value is -1.95. The Morgan fingerprint density at radius 1 is 1.28 bits per heavy atom. The van der Waals surface area contributed by atoms with E-state index in [0.717, 1.165) is 6.42 Å². The highest BCUT2D eigenvalue weighted by Gasteiger charge is 2.17. The summed E-state index contributed by atoms with van der Waals surface area (Å²) in [5.41, 5.74) is 0.607. The van der Waals surface area contributed by atoms with Gasteiger partial charge in [0.25, 0.3) is 0 Å². The highest BCUT2D eigenvalue weighted by molar-refractivity contribution is 6.32. The molecule has 0 radical (unpaired) electrons. The molecular weight excluding hydrogens is 260 g/mol. The van der Waals surface area contributed by atoms with E-state index in [4.69, 9.17) is 21.1 Å². The lowest BCUT2D eigenvalue weighted by Gasteiger charge is -2.10. The highest BCUT2D eigenvalue weighted by atomic mass is 35.5. The molecule has 0 saturated heterocycles. The predicted molar refractivity (Wildman–Crippen MR) is 63.2 cm³/mol. The molecule has 0 atom stereocenters. The zero-order valence-electron chi connectivity index (χ0n) is 9.23. The van der Waals surface area contributed by atoms with Crippen LogP contribution in [-0.2, 0) is 0 Å². The molecule has 1 aliphatic rings. The Kier molecular flexibility index (Phi) is 2.71. The number of ether oxygens (including phenoxy) is 2. The molecular formula is C11H9ClN2O4. The quantitative estimate of drug-likeness (QED) is 0.854. The van der Waals surface area contributed by atoms with Crippen LogP contribution >= 0.6 is 11.6 Å². The molecule has 3 rings (SSSR count). The third-order valence-electron chi connectivity index (χ3n) is 2.52. The van der Waals surface area contributed by atoms with Crippen LogP contribution in [0.5, 0.6) is 11.5 Å². The summed E-state index contributed by atoms with van der Waals surface area (Å²) in [6, 6.07) is 3.35. The zero-order valence-corrected chi connectivity index (χ0v) is 9.99. The van der Waals surface area contributed by atoms with Crippen LogP contribution < -0.4 is 15.2 Å². The van der Waals surface area contributed by atoms with Gasteiger partial charge in [-0.3, -0.25) is 9.51 Å². The molecule has 0 spiro atoms. The van der Waals surface area contributed by atoms with E-state index in [9.17, 15) is 4.79 Å². The fraction of sp³-hybridized carbons (Fsp3) is 0.273. The lowest BCUT2D eigenvalue weighted by molar-refractivity contribution is 0.297. The van der Waals surface area contributed by atoms with E-state index >= 15 is 0 Å². The number of rotatable bonds is 1. The molecule has 0 amide bonds. The van der Waals surface area contributed by atoms with Gasteiger partial charge in [0.15, 0.2) is 17.3 Å². The fourth-order valence-electron chi connectivity index (χ4n) is 1.72. The van der Waals surface area contributed by atoms with E-state index in [0.29, 0.717) is 41.1 Å². The molecule has 0 bridgehead atoms. The standard InChI is InChI=1S/C11H9ClN2O4/c12-7-4-6(10-13-11(15)18-14-10)5-8-9(7)17-3-1-2-16-8/h4-5H,1-3H2,(H,13,14,15). The summed E-state index contributed by atoms with van der Waals surface area (Å²) in [6.07, 6.45) is 0.793. The summed E-state index contributed by atoms with van der Waals surface area (Å²) in [5.74, 6) is 0.744. The second-order valence-electron chi connectivity index (χ2n) is 3.78. The molecule has 0 aliphatic carbocycles. The van der Waals surface area contributed by atoms with Crippen molar-refractivity contribution in [2.45, 2.75) is 6.42 Å². The van der Waals surface area contributed by atoms with Crippen molar-refractivity contribution in [3.63, 3.8) is 0 Å². The van der Waals surface area contributed by atoms with Crippen molar-refractivity contribution in [1.29, 1.82) is 0 Å². The summed E-state index contributed by atoms with van der Waals surface area (Å²) in [6.45, 7) is 1.12. The lowest BCUT2D eigenvalue weighted by atomic mass is 10.2. The van der Waals surface area contributed by atoms with E-state index in [1.807, 2.05) is 0 Å². The number of H-pyrrole nitrogens is 1. The maximum absolute atomic E-state index is 10.9. The van der Waals surface area contributed by atoms with E-state index in [2.05, 4.69) is 14.7 Å². The van der Waals surface area contributed by atoms with Gasteiger partial charge >= 0.3 is 5.76 Å². The van der Waals surface area contributed by atoms with E-state index < -0.39 is 5.76 Å². The number of benzene rings is 1. The minimum Gasteiger partial charge on any atom is -0.489 e. The maximum Gasteiger partial charge on any atom is 0.439 e. The Bertz CT molecular complexity index is 634. The van der Waals surface area contributed by atoms with Gasteiger partial charge in [-0.25, -0.2) is 4.79 Å². The van der Waals surface area contributed by atoms with E-state index in [1.165, 1.54) is 0 Å². The fourth-order valence-corrected chi connectivity index (χ4v) is 1.99. The van der Waals surface area contributed by atoms with Crippen LogP contribution in [0.1, 0.15) is 6.42 Å². The zero-order chi connectivity index (χ0) is 12.5. The predicted octanol–water partition coefficient (Wildman–Crippen LogP) is 1.84. The first-order valence-electron chi connectivity index (χ1n) is 5.39. The topological polar surface area (TPSA) is 77.4 Å². The molecule has 6 nitrogen and oxygen atoms in total. The van der Waals surface area contributed by atoms with Gasteiger partial charge in [-0.05, 0) is 12.1 Å². The second-order valence-corrected chi connectivity index (χ2v) is 4.19. The number of hydrogen-bond acceptors (Lipinski definition) is 5. The summed E-state index contributed by atoms with van der Waals surface area (Å²) in [5, 5.41) is 4.01. The second kappa shape index (κ2) is 4.38. The minimum atomic E-state index is -0.617. The van der Waals surface area contributed by atoms with Crippen molar-refractivity contribution < 1.29 is 14.0 Å². The normalized spacial score (nSPS) is 14.3. The van der Waals surface area contributed by atoms with Gasteiger partial charge in [0.2, 0.25) is 0 Å². The number of aromatic amines is 1. The third kappa shape index (κ3) is 1.95. The van der Waals surface area contributed by atoms with Crippen LogP contribution in [0, 0.1) is 0 Å². The Labute approximate surface area is 106 Å². The molecule has 0 unspecified atom stereocenters. The maximum atomic E-state index is 10.9. The van der Waals surface area contributed by atoms with Gasteiger partial charge in [-0.2, -0.15) is 0 Å². The van der Waals surface area contributed by atoms with Gasteiger partial charge in [0.1, 0.15) is 0 Å². The van der Waals surface area contributed by atoms with E-state index in [1.54, 1.807) is 12.1 Å². The molecule has 2 heterocycles. The average Bonchev–Trinajstić information content (AvgIpc) is 2.63. The molecule has 0 fully saturated rings. The van der Waals surface area contributed by atoms with Gasteiger partial charge in [-0.1, -0.05) is 16.8 Å². The van der Waals surface area contributed by atoms with Crippen LogP contribution in [0.2, 0.25) is 5.02 Å². The Morgan fingerprint density at radius 2 is 2.11 bits per heavy atom.